The summed E-state index contributed by atoms with van der Waals surface area (Å²) in [5, 5.41) is 0. The van der Waals surface area contributed by atoms with E-state index in [4.69, 9.17) is 4.74 Å². The van der Waals surface area contributed by atoms with Crippen molar-refractivity contribution in [3.8, 4) is 0 Å². The third kappa shape index (κ3) is 3.17. The van der Waals surface area contributed by atoms with Gasteiger partial charge in [-0.1, -0.05) is 24.3 Å². The van der Waals surface area contributed by atoms with Gasteiger partial charge in [0, 0.05) is 13.1 Å². The van der Waals surface area contributed by atoms with Crippen LogP contribution in [0.5, 0.6) is 0 Å². The third-order valence-corrected chi connectivity index (χ3v) is 3.66. The number of hydrogen-bond donors (Lipinski definition) is 0. The molecule has 1 atom stereocenters. The van der Waals surface area contributed by atoms with Crippen molar-refractivity contribution in [3.63, 3.8) is 0 Å². The molecule has 0 aliphatic carbocycles. The molecule has 0 amide bonds. The Kier molecular flexibility index (Phi) is 4.74. The van der Waals surface area contributed by atoms with Gasteiger partial charge in [0.2, 0.25) is 0 Å². The average molecular weight is 277 g/mol. The fourth-order valence-electron chi connectivity index (χ4n) is 2.52. The Bertz CT molecular complexity index is 500. The van der Waals surface area contributed by atoms with E-state index < -0.39 is 18.0 Å². The van der Waals surface area contributed by atoms with Gasteiger partial charge in [0.15, 0.2) is 0 Å². The number of carbonyl (C=O) groups excluding carboxylic acids is 2. The van der Waals surface area contributed by atoms with Crippen LogP contribution in [-0.2, 0) is 32.0 Å². The number of carbonyl (C=O) groups is 2. The first-order valence-corrected chi connectivity index (χ1v) is 6.61. The summed E-state index contributed by atoms with van der Waals surface area (Å²) < 4.78 is 9.47. The van der Waals surface area contributed by atoms with Crippen molar-refractivity contribution in [2.45, 2.75) is 25.4 Å². The number of ether oxygens (including phenoxy) is 2. The van der Waals surface area contributed by atoms with Gasteiger partial charge in [-0.3, -0.25) is 14.5 Å². The summed E-state index contributed by atoms with van der Waals surface area (Å²) in [6.45, 7) is 1.38. The molecule has 1 aromatic carbocycles. The smallest absolute Gasteiger partial charge is 0.323 e. The van der Waals surface area contributed by atoms with E-state index in [2.05, 4.69) is 10.8 Å². The van der Waals surface area contributed by atoms with Crippen LogP contribution in [0.3, 0.4) is 0 Å². The molecule has 1 aliphatic heterocycles. The number of rotatable bonds is 4. The van der Waals surface area contributed by atoms with Crippen molar-refractivity contribution < 1.29 is 19.1 Å². The van der Waals surface area contributed by atoms with Crippen LogP contribution in [-0.4, -0.2) is 43.6 Å². The molecule has 0 spiro atoms. The molecule has 0 N–H and O–H groups in total. The summed E-state index contributed by atoms with van der Waals surface area (Å²) in [6, 6.07) is 7.56. The quantitative estimate of drug-likeness (QED) is 0.773. The van der Waals surface area contributed by atoms with Gasteiger partial charge in [-0.2, -0.15) is 0 Å². The molecule has 0 radical (unpaired) electrons. The number of methoxy groups -OCH3 is 2. The summed E-state index contributed by atoms with van der Waals surface area (Å²) in [7, 11) is 2.66. The van der Waals surface area contributed by atoms with E-state index in [0.29, 0.717) is 6.54 Å². The lowest BCUT2D eigenvalue weighted by Gasteiger charge is -2.33. The topological polar surface area (TPSA) is 55.8 Å². The molecule has 108 valence electrons. The van der Waals surface area contributed by atoms with Crippen molar-refractivity contribution in [1.29, 1.82) is 0 Å². The largest absolute Gasteiger partial charge is 0.469 e. The van der Waals surface area contributed by atoms with E-state index in [9.17, 15) is 9.59 Å². The van der Waals surface area contributed by atoms with Crippen LogP contribution in [0.4, 0.5) is 0 Å². The highest BCUT2D eigenvalue weighted by Crippen LogP contribution is 2.22. The molecule has 1 heterocycles. The first-order valence-electron chi connectivity index (χ1n) is 6.61. The Morgan fingerprint density at radius 1 is 1.20 bits per heavy atom. The maximum absolute atomic E-state index is 11.9. The second-order valence-corrected chi connectivity index (χ2v) is 4.81. The molecule has 1 aliphatic rings. The molecule has 2 rings (SSSR count). The molecule has 5 heteroatoms. The molecule has 0 fully saturated rings. The molecule has 0 bridgehead atoms. The Hall–Kier alpha value is -1.88. The summed E-state index contributed by atoms with van der Waals surface area (Å²) in [5.74, 6) is -0.797. The lowest BCUT2D eigenvalue weighted by molar-refractivity contribution is -0.154. The maximum atomic E-state index is 11.9. The van der Waals surface area contributed by atoms with Gasteiger partial charge in [0.25, 0.3) is 0 Å². The molecule has 0 saturated heterocycles. The molecule has 20 heavy (non-hydrogen) atoms. The summed E-state index contributed by atoms with van der Waals surface area (Å²) in [5.41, 5.74) is 2.49. The molecule has 1 aromatic rings. The Balaban J connectivity index is 2.14. The summed E-state index contributed by atoms with van der Waals surface area (Å²) in [4.78, 5) is 25.4. The third-order valence-electron chi connectivity index (χ3n) is 3.66. The van der Waals surface area contributed by atoms with Crippen molar-refractivity contribution in [1.82, 2.24) is 4.90 Å². The zero-order chi connectivity index (χ0) is 14.5. The van der Waals surface area contributed by atoms with Crippen LogP contribution in [0.15, 0.2) is 24.3 Å². The second-order valence-electron chi connectivity index (χ2n) is 4.81. The van der Waals surface area contributed by atoms with Gasteiger partial charge in [0.1, 0.15) is 6.04 Å². The fraction of sp³-hybridized carbons (Fsp3) is 0.467. The van der Waals surface area contributed by atoms with Crippen LogP contribution in [0.25, 0.3) is 0 Å². The first kappa shape index (κ1) is 14.5. The number of esters is 2. The highest BCUT2D eigenvalue weighted by atomic mass is 16.5. The number of nitrogens with zero attached hydrogens (tertiary/aromatic N) is 1. The number of hydrogen-bond acceptors (Lipinski definition) is 5. The molecule has 0 saturated carbocycles. The minimum absolute atomic E-state index is 0.0192. The van der Waals surface area contributed by atoms with E-state index in [0.717, 1.165) is 13.0 Å². The molecular formula is C15H19NO4. The first-order chi connectivity index (χ1) is 9.65. The summed E-state index contributed by atoms with van der Waals surface area (Å²) >= 11 is 0. The zero-order valence-corrected chi connectivity index (χ0v) is 11.8. The Morgan fingerprint density at radius 3 is 2.55 bits per heavy atom. The van der Waals surface area contributed by atoms with E-state index in [1.165, 1.54) is 25.3 Å². The Morgan fingerprint density at radius 2 is 1.90 bits per heavy atom. The van der Waals surface area contributed by atoms with Gasteiger partial charge in [0.05, 0.1) is 20.6 Å². The Labute approximate surface area is 118 Å². The minimum Gasteiger partial charge on any atom is -0.469 e. The molecule has 0 aromatic heterocycles. The normalized spacial score (nSPS) is 16.1. The molecule has 1 unspecified atom stereocenters. The highest BCUT2D eigenvalue weighted by Gasteiger charge is 2.31. The van der Waals surface area contributed by atoms with Gasteiger partial charge < -0.3 is 9.47 Å². The maximum Gasteiger partial charge on any atom is 0.323 e. The van der Waals surface area contributed by atoms with Crippen LogP contribution < -0.4 is 0 Å². The van der Waals surface area contributed by atoms with Crippen molar-refractivity contribution in [2.24, 2.45) is 0 Å². The lowest BCUT2D eigenvalue weighted by atomic mass is 9.98. The van der Waals surface area contributed by atoms with Gasteiger partial charge >= 0.3 is 11.9 Å². The molecular weight excluding hydrogens is 258 g/mol. The van der Waals surface area contributed by atoms with Crippen LogP contribution in [0, 0.1) is 0 Å². The minimum atomic E-state index is -0.583. The standard InChI is InChI=1S/C15H19NO4/c1-19-14(17)9-13(15(18)20-2)16-8-7-11-5-3-4-6-12(11)10-16/h3-6,13H,7-10H2,1-2H3. The monoisotopic (exact) mass is 277 g/mol. The number of benzene rings is 1. The van der Waals surface area contributed by atoms with Crippen molar-refractivity contribution >= 4 is 11.9 Å². The average Bonchev–Trinajstić information content (AvgIpc) is 2.51. The fourth-order valence-corrected chi connectivity index (χ4v) is 2.52. The SMILES string of the molecule is COC(=O)CC(C(=O)OC)N1CCc2ccccc2C1. The van der Waals surface area contributed by atoms with Crippen molar-refractivity contribution in [3.05, 3.63) is 35.4 Å². The molecule has 5 nitrogen and oxygen atoms in total. The van der Waals surface area contributed by atoms with Crippen molar-refractivity contribution in [2.75, 3.05) is 20.8 Å². The number of fused-ring (bicyclic) bond motifs is 1. The lowest BCUT2D eigenvalue weighted by Crippen LogP contribution is -2.45. The van der Waals surface area contributed by atoms with Gasteiger partial charge in [-0.15, -0.1) is 0 Å². The van der Waals surface area contributed by atoms with E-state index in [1.807, 2.05) is 23.1 Å². The van der Waals surface area contributed by atoms with Gasteiger partial charge in [-0.05, 0) is 17.5 Å². The van der Waals surface area contributed by atoms with E-state index in [-0.39, 0.29) is 6.42 Å². The van der Waals surface area contributed by atoms with Crippen LogP contribution in [0.2, 0.25) is 0 Å². The predicted molar refractivity (Wildman–Crippen MR) is 73.0 cm³/mol. The zero-order valence-electron chi connectivity index (χ0n) is 11.8. The predicted octanol–water partition coefficient (Wildman–Crippen LogP) is 1.15. The highest BCUT2D eigenvalue weighted by molar-refractivity contribution is 5.82. The van der Waals surface area contributed by atoms with Crippen LogP contribution in [0.1, 0.15) is 17.5 Å². The van der Waals surface area contributed by atoms with E-state index >= 15 is 0 Å². The van der Waals surface area contributed by atoms with E-state index in [1.54, 1.807) is 0 Å². The summed E-state index contributed by atoms with van der Waals surface area (Å²) in [6.07, 6.45) is 0.885. The van der Waals surface area contributed by atoms with Gasteiger partial charge in [-0.25, -0.2) is 0 Å². The van der Waals surface area contributed by atoms with Crippen LogP contribution >= 0.6 is 0 Å². The second kappa shape index (κ2) is 6.52.